The van der Waals surface area contributed by atoms with Crippen LogP contribution < -0.4 is 15.5 Å². The molecule has 17 heavy (non-hydrogen) atoms. The SMILES string of the molecule is Bc1ccc2c(c1)C(=O)CC1(CCNCC1)O2. The average molecular weight is 229 g/mol. The number of fused-ring (bicyclic) bond motifs is 1. The number of Topliss-reactive ketones (excluding diaryl/α,β-unsaturated/α-hetero) is 1. The lowest BCUT2D eigenvalue weighted by Gasteiger charge is -2.40. The maximum Gasteiger partial charge on any atom is 0.170 e. The van der Waals surface area contributed by atoms with Crippen LogP contribution in [0.2, 0.25) is 0 Å². The lowest BCUT2D eigenvalue weighted by Crippen LogP contribution is -2.49. The first-order valence-corrected chi connectivity index (χ1v) is 6.22. The Morgan fingerprint density at radius 1 is 1.29 bits per heavy atom. The molecule has 2 aliphatic heterocycles. The van der Waals surface area contributed by atoms with Crippen molar-refractivity contribution < 1.29 is 9.53 Å². The second kappa shape index (κ2) is 3.88. The highest BCUT2D eigenvalue weighted by Crippen LogP contribution is 2.37. The minimum Gasteiger partial charge on any atom is -0.486 e. The maximum absolute atomic E-state index is 12.2. The van der Waals surface area contributed by atoms with Crippen molar-refractivity contribution in [2.75, 3.05) is 13.1 Å². The van der Waals surface area contributed by atoms with Crippen molar-refractivity contribution in [2.24, 2.45) is 0 Å². The number of nitrogens with one attached hydrogen (secondary N) is 1. The summed E-state index contributed by atoms with van der Waals surface area (Å²) in [5.74, 6) is 1.01. The van der Waals surface area contributed by atoms with E-state index in [2.05, 4.69) is 5.32 Å². The van der Waals surface area contributed by atoms with Gasteiger partial charge in [0.15, 0.2) is 5.78 Å². The van der Waals surface area contributed by atoms with E-state index in [1.807, 2.05) is 26.0 Å². The third-order valence-corrected chi connectivity index (χ3v) is 3.76. The molecule has 0 amide bonds. The number of carbonyl (C=O) groups excluding carboxylic acids is 1. The van der Waals surface area contributed by atoms with E-state index in [4.69, 9.17) is 4.74 Å². The first-order valence-electron chi connectivity index (χ1n) is 6.22. The van der Waals surface area contributed by atoms with Gasteiger partial charge in [0, 0.05) is 12.8 Å². The van der Waals surface area contributed by atoms with E-state index in [0.29, 0.717) is 6.42 Å². The highest BCUT2D eigenvalue weighted by molar-refractivity contribution is 6.32. The summed E-state index contributed by atoms with van der Waals surface area (Å²) in [6, 6.07) is 5.88. The fourth-order valence-corrected chi connectivity index (χ4v) is 2.77. The molecular weight excluding hydrogens is 213 g/mol. The Hall–Kier alpha value is -1.29. The maximum atomic E-state index is 12.2. The van der Waals surface area contributed by atoms with Crippen LogP contribution in [-0.4, -0.2) is 32.3 Å². The summed E-state index contributed by atoms with van der Waals surface area (Å²) in [4.78, 5) is 12.2. The van der Waals surface area contributed by atoms with E-state index in [9.17, 15) is 4.79 Å². The van der Waals surface area contributed by atoms with E-state index in [1.54, 1.807) is 0 Å². The van der Waals surface area contributed by atoms with Gasteiger partial charge in [0.05, 0.1) is 12.0 Å². The van der Waals surface area contributed by atoms with E-state index in [-0.39, 0.29) is 11.4 Å². The van der Waals surface area contributed by atoms with Crippen molar-refractivity contribution in [1.29, 1.82) is 0 Å². The zero-order valence-corrected chi connectivity index (χ0v) is 10.1. The lowest BCUT2D eigenvalue weighted by atomic mass is 9.81. The number of hydrogen-bond acceptors (Lipinski definition) is 3. The molecule has 1 aromatic carbocycles. The Morgan fingerprint density at radius 3 is 2.82 bits per heavy atom. The lowest BCUT2D eigenvalue weighted by molar-refractivity contribution is 0.0188. The predicted molar refractivity (Wildman–Crippen MR) is 69.0 cm³/mol. The molecule has 88 valence electrons. The normalized spacial score (nSPS) is 22.0. The van der Waals surface area contributed by atoms with Gasteiger partial charge in [-0.3, -0.25) is 4.79 Å². The van der Waals surface area contributed by atoms with Gasteiger partial charge in [-0.25, -0.2) is 0 Å². The van der Waals surface area contributed by atoms with Gasteiger partial charge in [-0.2, -0.15) is 0 Å². The summed E-state index contributed by atoms with van der Waals surface area (Å²) in [5.41, 5.74) is 1.63. The molecule has 2 aliphatic rings. The third kappa shape index (κ3) is 1.87. The standard InChI is InChI=1S/C13H16BNO2/c14-9-1-2-12-10(7-9)11(16)8-13(17-12)3-5-15-6-4-13/h1-2,7,15H,3-6,8,14H2. The highest BCUT2D eigenvalue weighted by atomic mass is 16.5. The van der Waals surface area contributed by atoms with Gasteiger partial charge in [-0.1, -0.05) is 17.6 Å². The Labute approximate surface area is 102 Å². The number of benzene rings is 1. The Kier molecular flexibility index (Phi) is 2.47. The van der Waals surface area contributed by atoms with Gasteiger partial charge in [-0.15, -0.1) is 0 Å². The van der Waals surface area contributed by atoms with Crippen molar-refractivity contribution in [3.05, 3.63) is 23.8 Å². The number of ether oxygens (including phenoxy) is 1. The minimum atomic E-state index is -0.245. The molecule has 1 fully saturated rings. The Bertz CT molecular complexity index is 466. The zero-order chi connectivity index (χ0) is 11.9. The molecule has 0 atom stereocenters. The first-order chi connectivity index (χ1) is 8.19. The second-order valence-electron chi connectivity index (χ2n) is 5.13. The molecule has 3 nitrogen and oxygen atoms in total. The van der Waals surface area contributed by atoms with Crippen molar-refractivity contribution >= 4 is 19.1 Å². The van der Waals surface area contributed by atoms with Gasteiger partial charge in [0.2, 0.25) is 0 Å². The van der Waals surface area contributed by atoms with Gasteiger partial charge >= 0.3 is 0 Å². The Balaban J connectivity index is 1.97. The molecule has 0 unspecified atom stereocenters. The molecule has 0 radical (unpaired) electrons. The molecule has 1 spiro atoms. The van der Waals surface area contributed by atoms with Gasteiger partial charge in [-0.05, 0) is 19.2 Å². The number of ketones is 1. The fraction of sp³-hybridized carbons (Fsp3) is 0.462. The summed E-state index contributed by atoms with van der Waals surface area (Å²) in [6.07, 6.45) is 2.38. The predicted octanol–water partition coefficient (Wildman–Crippen LogP) is 0.0324. The highest BCUT2D eigenvalue weighted by Gasteiger charge is 2.41. The Morgan fingerprint density at radius 2 is 2.06 bits per heavy atom. The van der Waals surface area contributed by atoms with Gasteiger partial charge in [0.1, 0.15) is 19.2 Å². The molecule has 2 heterocycles. The van der Waals surface area contributed by atoms with Gasteiger partial charge < -0.3 is 10.1 Å². The number of hydrogen-bond donors (Lipinski definition) is 1. The summed E-state index contributed by atoms with van der Waals surface area (Å²) < 4.78 is 6.12. The average Bonchev–Trinajstić information content (AvgIpc) is 2.31. The van der Waals surface area contributed by atoms with Crippen LogP contribution in [0.4, 0.5) is 0 Å². The molecule has 1 saturated heterocycles. The van der Waals surface area contributed by atoms with Crippen molar-refractivity contribution in [3.8, 4) is 5.75 Å². The van der Waals surface area contributed by atoms with Crippen molar-refractivity contribution in [3.63, 3.8) is 0 Å². The number of rotatable bonds is 0. The summed E-state index contributed by atoms with van der Waals surface area (Å²) in [6.45, 7) is 1.88. The van der Waals surface area contributed by atoms with E-state index >= 15 is 0 Å². The van der Waals surface area contributed by atoms with Crippen molar-refractivity contribution in [2.45, 2.75) is 24.9 Å². The molecule has 0 bridgehead atoms. The second-order valence-corrected chi connectivity index (χ2v) is 5.13. The van der Waals surface area contributed by atoms with Gasteiger partial charge in [0.25, 0.3) is 0 Å². The van der Waals surface area contributed by atoms with Crippen LogP contribution in [-0.2, 0) is 0 Å². The van der Waals surface area contributed by atoms with Crippen LogP contribution in [0.5, 0.6) is 5.75 Å². The zero-order valence-electron chi connectivity index (χ0n) is 10.1. The molecule has 0 aliphatic carbocycles. The van der Waals surface area contributed by atoms with Crippen LogP contribution >= 0.6 is 0 Å². The molecule has 4 heteroatoms. The molecule has 0 saturated carbocycles. The monoisotopic (exact) mass is 229 g/mol. The largest absolute Gasteiger partial charge is 0.486 e. The van der Waals surface area contributed by atoms with Crippen LogP contribution in [0.3, 0.4) is 0 Å². The summed E-state index contributed by atoms with van der Waals surface area (Å²) in [7, 11) is 2.00. The minimum absolute atomic E-state index is 0.233. The molecule has 0 aromatic heterocycles. The van der Waals surface area contributed by atoms with Crippen LogP contribution in [0.15, 0.2) is 18.2 Å². The van der Waals surface area contributed by atoms with Crippen LogP contribution in [0, 0.1) is 0 Å². The van der Waals surface area contributed by atoms with Crippen molar-refractivity contribution in [1.82, 2.24) is 5.32 Å². The number of carbonyl (C=O) groups is 1. The quantitative estimate of drug-likeness (QED) is 0.638. The molecular formula is C13H16BNO2. The molecule has 3 rings (SSSR count). The topological polar surface area (TPSA) is 38.3 Å². The fourth-order valence-electron chi connectivity index (χ4n) is 2.77. The van der Waals surface area contributed by atoms with Crippen LogP contribution in [0.1, 0.15) is 29.6 Å². The smallest absolute Gasteiger partial charge is 0.170 e. The summed E-state index contributed by atoms with van der Waals surface area (Å²) >= 11 is 0. The van der Waals surface area contributed by atoms with E-state index in [1.165, 1.54) is 0 Å². The number of piperidine rings is 1. The molecule has 1 aromatic rings. The molecule has 1 N–H and O–H groups in total. The van der Waals surface area contributed by atoms with Crippen LogP contribution in [0.25, 0.3) is 0 Å². The first kappa shape index (κ1) is 10.8. The van der Waals surface area contributed by atoms with E-state index in [0.717, 1.165) is 42.7 Å². The van der Waals surface area contributed by atoms with E-state index < -0.39 is 0 Å². The third-order valence-electron chi connectivity index (χ3n) is 3.76. The summed E-state index contributed by atoms with van der Waals surface area (Å²) in [5, 5.41) is 3.31.